The molecule has 0 aromatic carbocycles. The molecule has 16 heavy (non-hydrogen) atoms. The molecule has 2 rings (SSSR count). The highest BCUT2D eigenvalue weighted by molar-refractivity contribution is 5.81. The van der Waals surface area contributed by atoms with Crippen LogP contribution in [-0.4, -0.2) is 49.1 Å². The van der Waals surface area contributed by atoms with Crippen LogP contribution >= 0.6 is 0 Å². The van der Waals surface area contributed by atoms with Gasteiger partial charge in [0.15, 0.2) is 0 Å². The number of nitrogens with zero attached hydrogens (tertiary/aromatic N) is 1. The minimum atomic E-state index is 0.125. The molecule has 3 unspecified atom stereocenters. The number of hydrogen-bond acceptors (Lipinski definition) is 3. The molecule has 2 aliphatic rings. The average Bonchev–Trinajstić information content (AvgIpc) is 2.77. The highest BCUT2D eigenvalue weighted by Gasteiger charge is 2.36. The number of carbonyl (C=O) groups is 1. The van der Waals surface area contributed by atoms with Crippen LogP contribution in [0.4, 0.5) is 0 Å². The van der Waals surface area contributed by atoms with E-state index in [-0.39, 0.29) is 11.9 Å². The topological polar surface area (TPSA) is 44.4 Å². The van der Waals surface area contributed by atoms with E-state index >= 15 is 0 Å². The van der Waals surface area contributed by atoms with Gasteiger partial charge >= 0.3 is 0 Å². The third-order valence-corrected chi connectivity index (χ3v) is 3.91. The second-order valence-corrected chi connectivity index (χ2v) is 5.04. The Kier molecular flexibility index (Phi) is 3.82. The minimum Gasteiger partial charge on any atom is -0.358 e. The molecule has 2 fully saturated rings. The van der Waals surface area contributed by atoms with Crippen LogP contribution in [0.15, 0.2) is 0 Å². The molecule has 2 N–H and O–H groups in total. The Morgan fingerprint density at radius 1 is 1.44 bits per heavy atom. The molecule has 2 heterocycles. The van der Waals surface area contributed by atoms with Crippen LogP contribution in [0, 0.1) is 0 Å². The van der Waals surface area contributed by atoms with Gasteiger partial charge in [-0.3, -0.25) is 9.69 Å². The molecule has 0 radical (unpaired) electrons. The van der Waals surface area contributed by atoms with Crippen molar-refractivity contribution in [1.82, 2.24) is 15.5 Å². The van der Waals surface area contributed by atoms with Gasteiger partial charge in [-0.05, 0) is 45.7 Å². The lowest BCUT2D eigenvalue weighted by Crippen LogP contribution is -2.52. The smallest absolute Gasteiger partial charge is 0.237 e. The van der Waals surface area contributed by atoms with Crippen LogP contribution in [0.25, 0.3) is 0 Å². The van der Waals surface area contributed by atoms with E-state index in [1.165, 1.54) is 12.8 Å². The average molecular weight is 225 g/mol. The van der Waals surface area contributed by atoms with Gasteiger partial charge in [0.05, 0.1) is 6.04 Å². The first-order valence-corrected chi connectivity index (χ1v) is 6.43. The van der Waals surface area contributed by atoms with E-state index in [4.69, 9.17) is 0 Å². The van der Waals surface area contributed by atoms with Crippen LogP contribution < -0.4 is 10.6 Å². The lowest BCUT2D eigenvalue weighted by Gasteiger charge is -2.37. The van der Waals surface area contributed by atoms with Gasteiger partial charge in [0.2, 0.25) is 5.91 Å². The molecule has 0 aliphatic carbocycles. The van der Waals surface area contributed by atoms with Crippen molar-refractivity contribution >= 4 is 5.91 Å². The molecular formula is C12H23N3O. The fourth-order valence-electron chi connectivity index (χ4n) is 3.08. The summed E-state index contributed by atoms with van der Waals surface area (Å²) >= 11 is 0. The third-order valence-electron chi connectivity index (χ3n) is 3.91. The van der Waals surface area contributed by atoms with Crippen molar-refractivity contribution in [2.45, 2.75) is 50.7 Å². The first kappa shape index (κ1) is 11.9. The van der Waals surface area contributed by atoms with Crippen LogP contribution in [0.5, 0.6) is 0 Å². The van der Waals surface area contributed by atoms with Crippen LogP contribution in [0.1, 0.15) is 32.6 Å². The SMILES string of the molecule is CNC(=O)C1CCCN1C1CCNC(C)C1. The summed E-state index contributed by atoms with van der Waals surface area (Å²) < 4.78 is 0. The molecule has 3 atom stereocenters. The predicted molar refractivity (Wildman–Crippen MR) is 64.3 cm³/mol. The Morgan fingerprint density at radius 2 is 2.25 bits per heavy atom. The largest absolute Gasteiger partial charge is 0.358 e. The molecule has 4 nitrogen and oxygen atoms in total. The maximum absolute atomic E-state index is 11.8. The fourth-order valence-corrected chi connectivity index (χ4v) is 3.08. The van der Waals surface area contributed by atoms with Crippen LogP contribution in [0.3, 0.4) is 0 Å². The lowest BCUT2D eigenvalue weighted by molar-refractivity contribution is -0.126. The summed E-state index contributed by atoms with van der Waals surface area (Å²) in [5.41, 5.74) is 0. The minimum absolute atomic E-state index is 0.125. The summed E-state index contributed by atoms with van der Waals surface area (Å²) in [5, 5.41) is 6.26. The Balaban J connectivity index is 1.99. The number of hydrogen-bond donors (Lipinski definition) is 2. The molecule has 1 amide bonds. The number of likely N-dealkylation sites (N-methyl/N-ethyl adjacent to an activating group) is 1. The zero-order valence-corrected chi connectivity index (χ0v) is 10.3. The second-order valence-electron chi connectivity index (χ2n) is 5.04. The summed E-state index contributed by atoms with van der Waals surface area (Å²) in [5.74, 6) is 0.198. The quantitative estimate of drug-likeness (QED) is 0.712. The lowest BCUT2D eigenvalue weighted by atomic mass is 9.98. The fraction of sp³-hybridized carbons (Fsp3) is 0.917. The summed E-state index contributed by atoms with van der Waals surface area (Å²) in [4.78, 5) is 14.2. The van der Waals surface area contributed by atoms with Crippen molar-refractivity contribution in [3.05, 3.63) is 0 Å². The Labute approximate surface area is 97.8 Å². The zero-order chi connectivity index (χ0) is 11.5. The van der Waals surface area contributed by atoms with Gasteiger partial charge in [0.25, 0.3) is 0 Å². The van der Waals surface area contributed by atoms with Crippen molar-refractivity contribution in [1.29, 1.82) is 0 Å². The van der Waals surface area contributed by atoms with Crippen molar-refractivity contribution in [3.63, 3.8) is 0 Å². The van der Waals surface area contributed by atoms with E-state index in [0.717, 1.165) is 25.9 Å². The Morgan fingerprint density at radius 3 is 2.94 bits per heavy atom. The van der Waals surface area contributed by atoms with Crippen molar-refractivity contribution in [3.8, 4) is 0 Å². The number of amides is 1. The maximum atomic E-state index is 11.8. The highest BCUT2D eigenvalue weighted by Crippen LogP contribution is 2.25. The number of nitrogens with one attached hydrogen (secondary N) is 2. The van der Waals surface area contributed by atoms with Gasteiger partial charge in [-0.2, -0.15) is 0 Å². The second kappa shape index (κ2) is 5.15. The van der Waals surface area contributed by atoms with Crippen molar-refractivity contribution in [2.75, 3.05) is 20.1 Å². The number of carbonyl (C=O) groups excluding carboxylic acids is 1. The predicted octanol–water partition coefficient (Wildman–Crippen LogP) is 0.337. The van der Waals surface area contributed by atoms with Gasteiger partial charge in [-0.25, -0.2) is 0 Å². The van der Waals surface area contributed by atoms with Gasteiger partial charge < -0.3 is 10.6 Å². The third kappa shape index (κ3) is 2.38. The van der Waals surface area contributed by atoms with E-state index in [0.29, 0.717) is 12.1 Å². The summed E-state index contributed by atoms with van der Waals surface area (Å²) in [7, 11) is 1.74. The molecule has 0 saturated carbocycles. The highest BCUT2D eigenvalue weighted by atomic mass is 16.2. The van der Waals surface area contributed by atoms with E-state index in [2.05, 4.69) is 22.5 Å². The van der Waals surface area contributed by atoms with E-state index < -0.39 is 0 Å². The molecule has 0 bridgehead atoms. The summed E-state index contributed by atoms with van der Waals surface area (Å²) in [6, 6.07) is 1.31. The summed E-state index contributed by atoms with van der Waals surface area (Å²) in [6.45, 7) is 4.41. The Hall–Kier alpha value is -0.610. The molecule has 4 heteroatoms. The number of piperidine rings is 1. The van der Waals surface area contributed by atoms with Gasteiger partial charge in [0, 0.05) is 19.1 Å². The maximum Gasteiger partial charge on any atom is 0.237 e. The molecule has 2 aliphatic heterocycles. The first-order valence-electron chi connectivity index (χ1n) is 6.43. The van der Waals surface area contributed by atoms with E-state index in [1.807, 2.05) is 0 Å². The van der Waals surface area contributed by atoms with E-state index in [9.17, 15) is 4.79 Å². The molecule has 0 aromatic heterocycles. The van der Waals surface area contributed by atoms with Crippen molar-refractivity contribution in [2.24, 2.45) is 0 Å². The van der Waals surface area contributed by atoms with Crippen LogP contribution in [0.2, 0.25) is 0 Å². The standard InChI is InChI=1S/C12H23N3O/c1-9-8-10(5-6-14-9)15-7-3-4-11(15)12(16)13-2/h9-11,14H,3-8H2,1-2H3,(H,13,16). The number of rotatable bonds is 2. The Bertz CT molecular complexity index is 257. The summed E-state index contributed by atoms with van der Waals surface area (Å²) in [6.07, 6.45) is 4.54. The molecular weight excluding hydrogens is 202 g/mol. The molecule has 0 spiro atoms. The molecule has 92 valence electrons. The van der Waals surface area contributed by atoms with E-state index in [1.54, 1.807) is 7.05 Å². The van der Waals surface area contributed by atoms with Gasteiger partial charge in [-0.15, -0.1) is 0 Å². The zero-order valence-electron chi connectivity index (χ0n) is 10.3. The van der Waals surface area contributed by atoms with Gasteiger partial charge in [0.1, 0.15) is 0 Å². The van der Waals surface area contributed by atoms with Gasteiger partial charge in [-0.1, -0.05) is 0 Å². The monoisotopic (exact) mass is 225 g/mol. The van der Waals surface area contributed by atoms with Crippen molar-refractivity contribution < 1.29 is 4.79 Å². The molecule has 0 aromatic rings. The molecule has 2 saturated heterocycles. The normalized spacial score (nSPS) is 36.2. The van der Waals surface area contributed by atoms with Crippen LogP contribution in [-0.2, 0) is 4.79 Å². The first-order chi connectivity index (χ1) is 7.72. The number of likely N-dealkylation sites (tertiary alicyclic amines) is 1.